The van der Waals surface area contributed by atoms with E-state index in [9.17, 15) is 90.7 Å². The van der Waals surface area contributed by atoms with Crippen LogP contribution in [0.25, 0.3) is 0 Å². The highest BCUT2D eigenvalue weighted by Gasteiger charge is 2.60. The van der Waals surface area contributed by atoms with Crippen molar-refractivity contribution in [2.75, 3.05) is 33.0 Å². The highest BCUT2D eigenvalue weighted by atomic mass is 16.8. The second-order valence-electron chi connectivity index (χ2n) is 14.5. The van der Waals surface area contributed by atoms with Crippen molar-refractivity contribution in [3.8, 4) is 0 Å². The van der Waals surface area contributed by atoms with Crippen molar-refractivity contribution in [2.45, 2.75) is 149 Å². The molecule has 60 heavy (non-hydrogen) atoms. The summed E-state index contributed by atoms with van der Waals surface area (Å²) in [6.07, 6.45) is -33.4. The summed E-state index contributed by atoms with van der Waals surface area (Å²) in [4.78, 5) is 49.0. The fraction of sp³-hybridized carbons (Fsp3) is 0.879. The summed E-state index contributed by atoms with van der Waals surface area (Å²) in [5, 5.41) is 154. The van der Waals surface area contributed by atoms with E-state index in [0.29, 0.717) is 0 Å². The average Bonchev–Trinajstić information content (AvgIpc) is 3.19. The zero-order chi connectivity index (χ0) is 45.4. The molecule has 348 valence electrons. The van der Waals surface area contributed by atoms with E-state index in [0.717, 1.165) is 20.8 Å². The number of hydrogen-bond donors (Lipinski definition) is 17. The standard InChI is InChI=1S/C33H57N3O24/c1-10(42)34-13(5-37)26(21(48)15(46)6-38)57-30-20(36-12(3)44)24(51)27(18(9-41)56-30)58-31-25(52)29(23(50)17(8-40)55-31)60-33(32(53)54)4-14(45)19(35-11(2)43)28(59-33)22(49)16(47)7-39/h13-31,37-41,45-52H,4-9H2,1-3H3,(H,34,42)(H,35,43)(H,36,44)(H,53,54)/t13-,14-,15+,16+,17+,18+,19+,20+,21-,22+,23-,24+,25+,26+,27+,28+,29-,30-,31-,33-/m0/s1. The van der Waals surface area contributed by atoms with Crippen molar-refractivity contribution >= 4 is 23.7 Å². The number of rotatable bonds is 20. The molecule has 0 aromatic rings. The molecule has 27 nitrogen and oxygen atoms in total. The molecule has 0 aromatic carbocycles. The normalized spacial score (nSPS) is 37.8. The van der Waals surface area contributed by atoms with Crippen molar-refractivity contribution in [3.63, 3.8) is 0 Å². The smallest absolute Gasteiger partial charge is 0.364 e. The fourth-order valence-electron chi connectivity index (χ4n) is 7.06. The highest BCUT2D eigenvalue weighted by Crippen LogP contribution is 2.38. The predicted molar refractivity (Wildman–Crippen MR) is 188 cm³/mol. The maximum absolute atomic E-state index is 12.8. The minimum absolute atomic E-state index is 0.745. The Morgan fingerprint density at radius 1 is 0.717 bits per heavy atom. The Kier molecular flexibility index (Phi) is 19.3. The molecular formula is C33H57N3O24. The first-order chi connectivity index (χ1) is 28.1. The topological polar surface area (TPSA) is 443 Å². The van der Waals surface area contributed by atoms with Crippen molar-refractivity contribution in [3.05, 3.63) is 0 Å². The van der Waals surface area contributed by atoms with Crippen LogP contribution in [0.15, 0.2) is 0 Å². The summed E-state index contributed by atoms with van der Waals surface area (Å²) in [5.41, 5.74) is 0. The number of aliphatic hydroxyl groups excluding tert-OH is 13. The van der Waals surface area contributed by atoms with Gasteiger partial charge in [-0.05, 0) is 0 Å². The molecule has 0 saturated carbocycles. The van der Waals surface area contributed by atoms with Crippen LogP contribution in [0.5, 0.6) is 0 Å². The van der Waals surface area contributed by atoms with Crippen LogP contribution in [0.3, 0.4) is 0 Å². The highest BCUT2D eigenvalue weighted by molar-refractivity contribution is 5.77. The van der Waals surface area contributed by atoms with Crippen LogP contribution >= 0.6 is 0 Å². The molecule has 3 heterocycles. The minimum atomic E-state index is -3.14. The molecule has 0 unspecified atom stereocenters. The lowest BCUT2D eigenvalue weighted by molar-refractivity contribution is -0.384. The van der Waals surface area contributed by atoms with E-state index in [-0.39, 0.29) is 0 Å². The summed E-state index contributed by atoms with van der Waals surface area (Å²) >= 11 is 0. The molecule has 0 aliphatic carbocycles. The third-order valence-corrected chi connectivity index (χ3v) is 10.0. The number of carbonyl (C=O) groups is 4. The number of carboxylic acid groups (broad SMARTS) is 1. The minimum Gasteiger partial charge on any atom is -0.477 e. The lowest BCUT2D eigenvalue weighted by Crippen LogP contribution is -2.71. The van der Waals surface area contributed by atoms with Crippen LogP contribution in [0.4, 0.5) is 0 Å². The molecule has 3 aliphatic heterocycles. The molecule has 3 fully saturated rings. The van der Waals surface area contributed by atoms with Gasteiger partial charge in [0.2, 0.25) is 17.7 Å². The molecule has 0 aromatic heterocycles. The number of hydrogen-bond acceptors (Lipinski definition) is 23. The van der Waals surface area contributed by atoms with Crippen LogP contribution in [-0.2, 0) is 47.6 Å². The second-order valence-corrected chi connectivity index (χ2v) is 14.5. The van der Waals surface area contributed by atoms with E-state index in [4.69, 9.17) is 28.4 Å². The number of carboxylic acids is 1. The van der Waals surface area contributed by atoms with Gasteiger partial charge < -0.3 is 116 Å². The third kappa shape index (κ3) is 12.0. The predicted octanol–water partition coefficient (Wildman–Crippen LogP) is -10.5. The summed E-state index contributed by atoms with van der Waals surface area (Å²) in [6, 6.07) is -4.89. The molecule has 27 heteroatoms. The molecular weight excluding hydrogens is 822 g/mol. The zero-order valence-corrected chi connectivity index (χ0v) is 32.6. The van der Waals surface area contributed by atoms with Crippen molar-refractivity contribution in [1.82, 2.24) is 16.0 Å². The maximum Gasteiger partial charge on any atom is 0.364 e. The van der Waals surface area contributed by atoms with E-state index in [1.54, 1.807) is 0 Å². The monoisotopic (exact) mass is 879 g/mol. The Bertz CT molecular complexity index is 1420. The Labute approximate surface area is 340 Å². The zero-order valence-electron chi connectivity index (χ0n) is 32.6. The number of amides is 3. The summed E-state index contributed by atoms with van der Waals surface area (Å²) in [7, 11) is 0. The van der Waals surface area contributed by atoms with Gasteiger partial charge in [0.1, 0.15) is 85.4 Å². The average molecular weight is 880 g/mol. The van der Waals surface area contributed by atoms with Gasteiger partial charge in [-0.25, -0.2) is 4.79 Å². The third-order valence-electron chi connectivity index (χ3n) is 10.0. The summed E-state index contributed by atoms with van der Waals surface area (Å²) < 4.78 is 34.1. The molecule has 0 spiro atoms. The van der Waals surface area contributed by atoms with Gasteiger partial charge >= 0.3 is 5.97 Å². The molecule has 3 saturated heterocycles. The van der Waals surface area contributed by atoms with E-state index in [1.807, 2.05) is 0 Å². The number of ether oxygens (including phenoxy) is 6. The van der Waals surface area contributed by atoms with E-state index < -0.39 is 185 Å². The Hall–Kier alpha value is -2.88. The number of nitrogens with one attached hydrogen (secondary N) is 3. The molecule has 3 rings (SSSR count). The van der Waals surface area contributed by atoms with Crippen molar-refractivity contribution in [1.29, 1.82) is 0 Å². The quantitative estimate of drug-likeness (QED) is 0.0540. The van der Waals surface area contributed by atoms with E-state index in [1.165, 1.54) is 0 Å². The molecule has 17 N–H and O–H groups in total. The van der Waals surface area contributed by atoms with E-state index in [2.05, 4.69) is 16.0 Å². The lowest BCUT2D eigenvalue weighted by Gasteiger charge is -2.51. The van der Waals surface area contributed by atoms with Crippen LogP contribution < -0.4 is 16.0 Å². The van der Waals surface area contributed by atoms with Crippen LogP contribution in [-0.4, -0.2) is 250 Å². The Morgan fingerprint density at radius 2 is 1.28 bits per heavy atom. The first-order valence-electron chi connectivity index (χ1n) is 18.6. The molecule has 3 amide bonds. The van der Waals surface area contributed by atoms with Crippen molar-refractivity contribution < 1.29 is 119 Å². The van der Waals surface area contributed by atoms with Crippen LogP contribution in [0.1, 0.15) is 27.2 Å². The van der Waals surface area contributed by atoms with Gasteiger partial charge in [-0.2, -0.15) is 0 Å². The van der Waals surface area contributed by atoms with Gasteiger partial charge in [0.15, 0.2) is 12.6 Å². The van der Waals surface area contributed by atoms with E-state index >= 15 is 0 Å². The Balaban J connectivity index is 2.00. The first kappa shape index (κ1) is 51.5. The van der Waals surface area contributed by atoms with Crippen molar-refractivity contribution in [2.24, 2.45) is 0 Å². The van der Waals surface area contributed by atoms with Gasteiger partial charge in [0.25, 0.3) is 5.79 Å². The second kappa shape index (κ2) is 22.5. The van der Waals surface area contributed by atoms with Gasteiger partial charge in [-0.15, -0.1) is 0 Å². The largest absolute Gasteiger partial charge is 0.477 e. The van der Waals surface area contributed by atoms with Gasteiger partial charge in [0, 0.05) is 27.2 Å². The molecule has 20 atom stereocenters. The number of aliphatic hydroxyl groups is 13. The maximum atomic E-state index is 12.8. The van der Waals surface area contributed by atoms with Gasteiger partial charge in [-0.3, -0.25) is 14.4 Å². The van der Waals surface area contributed by atoms with Crippen LogP contribution in [0, 0.1) is 0 Å². The molecule has 0 bridgehead atoms. The number of carbonyl (C=O) groups excluding carboxylic acids is 3. The summed E-state index contributed by atoms with van der Waals surface area (Å²) in [5.74, 6) is -7.57. The number of aliphatic carboxylic acids is 1. The Morgan fingerprint density at radius 3 is 1.78 bits per heavy atom. The fourth-order valence-corrected chi connectivity index (χ4v) is 7.06. The molecule has 0 radical (unpaired) electrons. The van der Waals surface area contributed by atoms with Gasteiger partial charge in [0.05, 0.1) is 51.2 Å². The summed E-state index contributed by atoms with van der Waals surface area (Å²) in [6.45, 7) is -2.16. The molecule has 3 aliphatic rings. The SMILES string of the molecule is CC(=O)N[C@H]1[C@H](O[C@@H]([C@@H](O)[C@H](O)CO)[C@H](CO)NC(C)=O)O[C@H](CO)[C@@H](O[C@@H]2O[C@H](CO)[C@H](O)[C@H](O[C@]3(C(=O)O)C[C@H](O)[C@@H](NC(C)=O)[C@H]([C@H](O)[C@H](O)CO)O3)[C@H]2O)[C@@H]1O. The first-order valence-corrected chi connectivity index (χ1v) is 18.6. The lowest BCUT2D eigenvalue weighted by atomic mass is 9.88. The van der Waals surface area contributed by atoms with Crippen LogP contribution in [0.2, 0.25) is 0 Å². The van der Waals surface area contributed by atoms with Gasteiger partial charge in [-0.1, -0.05) is 0 Å².